The molecule has 1 aliphatic heterocycles. The van der Waals surface area contributed by atoms with Crippen LogP contribution < -0.4 is 5.32 Å². The first-order chi connectivity index (χ1) is 12.4. The van der Waals surface area contributed by atoms with Crippen molar-refractivity contribution in [3.8, 4) is 0 Å². The first-order valence-electron chi connectivity index (χ1n) is 8.34. The highest BCUT2D eigenvalue weighted by Gasteiger charge is 2.63. The minimum absolute atomic E-state index is 0.000939. The lowest BCUT2D eigenvalue weighted by atomic mass is 9.82. The molecule has 6 heteroatoms. The number of hydrogen-bond donors (Lipinski definition) is 3. The lowest BCUT2D eigenvalue weighted by Crippen LogP contribution is -2.59. The number of aliphatic hydroxyl groups excluding tert-OH is 1. The second-order valence-electron chi connectivity index (χ2n) is 6.70. The largest absolute Gasteiger partial charge is 0.459 e. The van der Waals surface area contributed by atoms with E-state index in [4.69, 9.17) is 4.74 Å². The molecule has 136 valence electrons. The van der Waals surface area contributed by atoms with Crippen LogP contribution >= 0.6 is 0 Å². The molecule has 3 unspecified atom stereocenters. The number of esters is 1. The van der Waals surface area contributed by atoms with E-state index < -0.39 is 29.1 Å². The Morgan fingerprint density at radius 2 is 1.62 bits per heavy atom. The Labute approximate surface area is 151 Å². The van der Waals surface area contributed by atoms with Crippen molar-refractivity contribution < 1.29 is 24.5 Å². The number of benzene rings is 2. The zero-order chi connectivity index (χ0) is 18.8. The van der Waals surface area contributed by atoms with Crippen molar-refractivity contribution in [2.45, 2.75) is 37.2 Å². The number of aliphatic hydroxyl groups is 2. The van der Waals surface area contributed by atoms with Gasteiger partial charge in [-0.3, -0.25) is 4.79 Å². The Morgan fingerprint density at radius 3 is 2.12 bits per heavy atom. The van der Waals surface area contributed by atoms with E-state index >= 15 is 0 Å². The molecule has 0 spiro atoms. The second kappa shape index (κ2) is 6.90. The Morgan fingerprint density at radius 1 is 1.08 bits per heavy atom. The van der Waals surface area contributed by atoms with Crippen molar-refractivity contribution in [3.05, 3.63) is 71.8 Å². The van der Waals surface area contributed by atoms with Gasteiger partial charge in [-0.25, -0.2) is 4.79 Å². The molecule has 0 saturated carbocycles. The van der Waals surface area contributed by atoms with Crippen LogP contribution in [0.1, 0.15) is 18.1 Å². The molecule has 1 fully saturated rings. The first-order valence-corrected chi connectivity index (χ1v) is 8.34. The molecule has 0 bridgehead atoms. The molecule has 3 atom stereocenters. The summed E-state index contributed by atoms with van der Waals surface area (Å²) in [5.41, 5.74) is -2.33. The third kappa shape index (κ3) is 3.21. The SMILES string of the molecule is CC1(O)C(=O)NC(Cc2ccccc2)(C(=O)OCc2ccccc2)C1O. The molecule has 1 amide bonds. The molecule has 0 aromatic heterocycles. The van der Waals surface area contributed by atoms with Gasteiger partial charge in [0.25, 0.3) is 5.91 Å². The molecule has 1 heterocycles. The average Bonchev–Trinajstić information content (AvgIpc) is 2.82. The smallest absolute Gasteiger partial charge is 0.335 e. The molecule has 2 aromatic rings. The first kappa shape index (κ1) is 18.1. The lowest BCUT2D eigenvalue weighted by Gasteiger charge is -2.32. The summed E-state index contributed by atoms with van der Waals surface area (Å²) in [6.45, 7) is 1.19. The minimum atomic E-state index is -2.08. The van der Waals surface area contributed by atoms with Crippen LogP contribution in [0.2, 0.25) is 0 Å². The average molecular weight is 355 g/mol. The molecule has 3 N–H and O–H groups in total. The van der Waals surface area contributed by atoms with Crippen molar-refractivity contribution >= 4 is 11.9 Å². The summed E-state index contributed by atoms with van der Waals surface area (Å²) in [5, 5.41) is 23.4. The highest BCUT2D eigenvalue weighted by molar-refractivity contribution is 5.98. The molecule has 26 heavy (non-hydrogen) atoms. The van der Waals surface area contributed by atoms with E-state index in [1.165, 1.54) is 6.92 Å². The predicted molar refractivity (Wildman–Crippen MR) is 93.9 cm³/mol. The number of carbonyl (C=O) groups is 2. The lowest BCUT2D eigenvalue weighted by molar-refractivity contribution is -0.160. The molecule has 0 aliphatic carbocycles. The van der Waals surface area contributed by atoms with Crippen molar-refractivity contribution in [3.63, 3.8) is 0 Å². The van der Waals surface area contributed by atoms with Gasteiger partial charge in [0.2, 0.25) is 0 Å². The molecular formula is C20H21NO5. The molecule has 0 radical (unpaired) electrons. The Hall–Kier alpha value is -2.70. The van der Waals surface area contributed by atoms with Crippen molar-refractivity contribution in [1.29, 1.82) is 0 Å². The third-order valence-electron chi connectivity index (χ3n) is 4.70. The molecule has 1 saturated heterocycles. The summed E-state index contributed by atoms with van der Waals surface area (Å²) in [7, 11) is 0. The van der Waals surface area contributed by atoms with E-state index in [9.17, 15) is 19.8 Å². The topological polar surface area (TPSA) is 95.9 Å². The van der Waals surface area contributed by atoms with Gasteiger partial charge < -0.3 is 20.3 Å². The van der Waals surface area contributed by atoms with Crippen molar-refractivity contribution in [2.75, 3.05) is 0 Å². The Bertz CT molecular complexity index is 790. The van der Waals surface area contributed by atoms with Gasteiger partial charge >= 0.3 is 5.97 Å². The summed E-state index contributed by atoms with van der Waals surface area (Å²) in [6.07, 6.45) is -1.64. The predicted octanol–water partition coefficient (Wildman–Crippen LogP) is 0.953. The van der Waals surface area contributed by atoms with E-state index in [0.29, 0.717) is 0 Å². The van der Waals surface area contributed by atoms with E-state index in [1.54, 1.807) is 36.4 Å². The molecule has 2 aromatic carbocycles. The van der Waals surface area contributed by atoms with Crippen LogP contribution in [-0.2, 0) is 27.4 Å². The summed E-state index contributed by atoms with van der Waals surface area (Å²) < 4.78 is 5.37. The molecule has 3 rings (SSSR count). The number of ether oxygens (including phenoxy) is 1. The number of rotatable bonds is 5. The fourth-order valence-electron chi connectivity index (χ4n) is 3.15. The second-order valence-corrected chi connectivity index (χ2v) is 6.70. The van der Waals surface area contributed by atoms with Crippen LogP contribution in [0.15, 0.2) is 60.7 Å². The van der Waals surface area contributed by atoms with Gasteiger partial charge in [-0.15, -0.1) is 0 Å². The Balaban J connectivity index is 1.88. The zero-order valence-electron chi connectivity index (χ0n) is 14.4. The maximum atomic E-state index is 12.9. The zero-order valence-corrected chi connectivity index (χ0v) is 14.4. The standard InChI is InChI=1S/C20H21NO5/c1-19(25)16(22)20(21-17(19)23,12-14-8-4-2-5-9-14)18(24)26-13-15-10-6-3-7-11-15/h2-11,16,22,25H,12-13H2,1H3,(H,21,23). The summed E-state index contributed by atoms with van der Waals surface area (Å²) in [4.78, 5) is 25.0. The van der Waals surface area contributed by atoms with E-state index in [2.05, 4.69) is 5.32 Å². The monoisotopic (exact) mass is 355 g/mol. The Kier molecular flexibility index (Phi) is 4.80. The van der Waals surface area contributed by atoms with Gasteiger partial charge in [0.05, 0.1) is 0 Å². The van der Waals surface area contributed by atoms with Crippen LogP contribution in [0.25, 0.3) is 0 Å². The highest BCUT2D eigenvalue weighted by Crippen LogP contribution is 2.33. The fraction of sp³-hybridized carbons (Fsp3) is 0.300. The maximum absolute atomic E-state index is 12.9. The number of nitrogens with one attached hydrogen (secondary N) is 1. The minimum Gasteiger partial charge on any atom is -0.459 e. The highest BCUT2D eigenvalue weighted by atomic mass is 16.5. The number of amides is 1. The van der Waals surface area contributed by atoms with Crippen LogP contribution in [0, 0.1) is 0 Å². The summed E-state index contributed by atoms with van der Waals surface area (Å²) in [6, 6.07) is 18.0. The summed E-state index contributed by atoms with van der Waals surface area (Å²) in [5.74, 6) is -1.60. The van der Waals surface area contributed by atoms with Crippen molar-refractivity contribution in [1.82, 2.24) is 5.32 Å². The van der Waals surface area contributed by atoms with Gasteiger partial charge in [-0.1, -0.05) is 60.7 Å². The van der Waals surface area contributed by atoms with Gasteiger partial charge in [0.1, 0.15) is 12.7 Å². The molecular weight excluding hydrogens is 334 g/mol. The summed E-state index contributed by atoms with van der Waals surface area (Å²) >= 11 is 0. The molecule has 6 nitrogen and oxygen atoms in total. The van der Waals surface area contributed by atoms with Crippen LogP contribution in [0.4, 0.5) is 0 Å². The maximum Gasteiger partial charge on any atom is 0.335 e. The van der Waals surface area contributed by atoms with Crippen molar-refractivity contribution in [2.24, 2.45) is 0 Å². The molecule has 1 aliphatic rings. The number of carbonyl (C=O) groups excluding carboxylic acids is 2. The van der Waals surface area contributed by atoms with E-state index in [-0.39, 0.29) is 13.0 Å². The van der Waals surface area contributed by atoms with Crippen LogP contribution in [0.3, 0.4) is 0 Å². The fourth-order valence-corrected chi connectivity index (χ4v) is 3.15. The van der Waals surface area contributed by atoms with Gasteiger partial charge in [0, 0.05) is 6.42 Å². The van der Waals surface area contributed by atoms with Gasteiger partial charge in [0.15, 0.2) is 11.1 Å². The third-order valence-corrected chi connectivity index (χ3v) is 4.70. The van der Waals surface area contributed by atoms with E-state index in [0.717, 1.165) is 11.1 Å². The quantitative estimate of drug-likeness (QED) is 0.694. The van der Waals surface area contributed by atoms with E-state index in [1.807, 2.05) is 24.3 Å². The van der Waals surface area contributed by atoms with Crippen LogP contribution in [0.5, 0.6) is 0 Å². The van der Waals surface area contributed by atoms with Gasteiger partial charge in [-0.2, -0.15) is 0 Å². The number of hydrogen-bond acceptors (Lipinski definition) is 5. The normalized spacial score (nSPS) is 27.8. The van der Waals surface area contributed by atoms with Crippen LogP contribution in [-0.4, -0.2) is 39.3 Å². The van der Waals surface area contributed by atoms with Gasteiger partial charge in [-0.05, 0) is 18.1 Å².